The zero-order valence-electron chi connectivity index (χ0n) is 14.8. The van der Waals surface area contributed by atoms with Gasteiger partial charge in [0.2, 0.25) is 0 Å². The fraction of sp³-hybridized carbons (Fsp3) is 0.421. The Morgan fingerprint density at radius 2 is 1.58 bits per heavy atom. The Bertz CT molecular complexity index is 568. The summed E-state index contributed by atoms with van der Waals surface area (Å²) in [6.07, 6.45) is 5.10. The maximum atomic E-state index is 4.97. The number of hydrogen-bond donors (Lipinski definition) is 0. The van der Waals surface area contributed by atoms with Crippen molar-refractivity contribution in [1.82, 2.24) is 0 Å². The molecule has 0 saturated carbocycles. The van der Waals surface area contributed by atoms with Gasteiger partial charge in [-0.3, -0.25) is 0 Å². The quantitative estimate of drug-likeness (QED) is 0.346. The van der Waals surface area contributed by atoms with E-state index < -0.39 is 22.8 Å². The molecule has 0 aliphatic heterocycles. The molecule has 0 saturated heterocycles. The number of aryl methyl sites for hydroxylation is 1. The molecule has 0 amide bonds. The Morgan fingerprint density at radius 3 is 2.12 bits per heavy atom. The summed E-state index contributed by atoms with van der Waals surface area (Å²) in [5.74, 6) is 0. The Balaban J connectivity index is 0.000000648. The van der Waals surface area contributed by atoms with Gasteiger partial charge in [0.05, 0.1) is 8.07 Å². The third-order valence-corrected chi connectivity index (χ3v) is 9.10. The van der Waals surface area contributed by atoms with E-state index in [1.165, 1.54) is 31.7 Å². The predicted octanol–water partition coefficient (Wildman–Crippen LogP) is 6.42. The third kappa shape index (κ3) is 6.94. The van der Waals surface area contributed by atoms with Crippen LogP contribution >= 0.6 is 27.9 Å². The van der Waals surface area contributed by atoms with Crippen LogP contribution in [0.1, 0.15) is 38.7 Å². The second-order valence-corrected chi connectivity index (χ2v) is 18.2. The van der Waals surface area contributed by atoms with Gasteiger partial charge >= 0.3 is 42.6 Å². The van der Waals surface area contributed by atoms with Crippen LogP contribution in [0.3, 0.4) is 0 Å². The molecule has 0 N–H and O–H groups in total. The third-order valence-electron chi connectivity index (χ3n) is 4.46. The Labute approximate surface area is 166 Å². The van der Waals surface area contributed by atoms with Gasteiger partial charge in [0.15, 0.2) is 0 Å². The maximum absolute atomic E-state index is 4.97. The van der Waals surface area contributed by atoms with Crippen molar-refractivity contribution in [1.29, 1.82) is 0 Å². The van der Waals surface area contributed by atoms with Gasteiger partial charge in [0, 0.05) is 0 Å². The minimum atomic E-state index is -1.92. The van der Waals surface area contributed by atoms with E-state index in [1.807, 2.05) is 0 Å². The summed E-state index contributed by atoms with van der Waals surface area (Å²) in [6, 6.07) is 19.6. The number of halogens is 3. The van der Waals surface area contributed by atoms with Crippen LogP contribution in [0, 0.1) is 0 Å². The van der Waals surface area contributed by atoms with Crippen LogP contribution in [0.2, 0.25) is 12.6 Å². The van der Waals surface area contributed by atoms with Gasteiger partial charge in [-0.1, -0.05) is 87.6 Å². The first-order chi connectivity index (χ1) is 11.5. The molecule has 2 aromatic carbocycles. The van der Waals surface area contributed by atoms with Crippen LogP contribution in [0.4, 0.5) is 0 Å². The van der Waals surface area contributed by atoms with Crippen molar-refractivity contribution in [3.8, 4) is 0 Å². The van der Waals surface area contributed by atoms with Gasteiger partial charge in [-0.2, -0.15) is 16.8 Å². The van der Waals surface area contributed by atoms with Crippen LogP contribution in [-0.4, -0.2) is 8.07 Å². The molecular weight excluding hydrogens is 411 g/mol. The van der Waals surface area contributed by atoms with E-state index in [9.17, 15) is 0 Å². The van der Waals surface area contributed by atoms with Gasteiger partial charge in [0.1, 0.15) is 0 Å². The predicted molar refractivity (Wildman–Crippen MR) is 111 cm³/mol. The van der Waals surface area contributed by atoms with Gasteiger partial charge in [-0.15, -0.1) is 0 Å². The number of benzene rings is 1. The molecule has 0 nitrogen and oxygen atoms in total. The van der Waals surface area contributed by atoms with E-state index in [4.69, 9.17) is 27.9 Å². The van der Waals surface area contributed by atoms with Crippen molar-refractivity contribution in [2.75, 3.05) is 0 Å². The summed E-state index contributed by atoms with van der Waals surface area (Å²) < 4.78 is 0. The van der Waals surface area contributed by atoms with Crippen LogP contribution in [0.15, 0.2) is 48.5 Å². The SMILES string of the molecule is CCCC[Si](C)(c1ccccc1)[c-]1cccc1CCC.[Cl][Ti+]([Cl])[Cl]. The van der Waals surface area contributed by atoms with Crippen LogP contribution in [0.5, 0.6) is 0 Å². The fourth-order valence-electron chi connectivity index (χ4n) is 3.25. The molecule has 0 fully saturated rings. The topological polar surface area (TPSA) is 0 Å². The Morgan fingerprint density at radius 1 is 0.958 bits per heavy atom. The monoisotopic (exact) mass is 436 g/mol. The molecule has 2 aromatic rings. The molecule has 0 bridgehead atoms. The Kier molecular flexibility index (Phi) is 11.1. The summed E-state index contributed by atoms with van der Waals surface area (Å²) in [4.78, 5) is 0. The summed E-state index contributed by atoms with van der Waals surface area (Å²) in [5, 5.41) is 3.27. The average molecular weight is 438 g/mol. The molecule has 0 aliphatic carbocycles. The molecule has 24 heavy (non-hydrogen) atoms. The normalized spacial score (nSPS) is 12.9. The zero-order valence-corrected chi connectivity index (χ0v) is 19.6. The zero-order chi connectivity index (χ0) is 18.0. The minimum absolute atomic E-state index is 1.23. The summed E-state index contributed by atoms with van der Waals surface area (Å²) in [5.41, 5.74) is 1.60. The van der Waals surface area contributed by atoms with Crippen molar-refractivity contribution >= 4 is 46.4 Å². The van der Waals surface area contributed by atoms with E-state index >= 15 is 0 Å². The molecule has 1 atom stereocenters. The van der Waals surface area contributed by atoms with Crippen molar-refractivity contribution in [2.45, 2.75) is 52.1 Å². The molecule has 0 aliphatic rings. The molecule has 5 heteroatoms. The molecular formula is C19H27Cl3SiTi. The summed E-state index contributed by atoms with van der Waals surface area (Å²) in [7, 11) is 13.4. The van der Waals surface area contributed by atoms with Gasteiger partial charge in [-0.05, 0) is 0 Å². The second-order valence-electron chi connectivity index (χ2n) is 6.23. The summed E-state index contributed by atoms with van der Waals surface area (Å²) >= 11 is -1.92. The van der Waals surface area contributed by atoms with Crippen LogP contribution in [0.25, 0.3) is 0 Å². The van der Waals surface area contributed by atoms with Crippen LogP contribution in [-0.2, 0) is 21.1 Å². The summed E-state index contributed by atoms with van der Waals surface area (Å²) in [6.45, 7) is 7.15. The van der Waals surface area contributed by atoms with Crippen LogP contribution < -0.4 is 10.4 Å². The second kappa shape index (κ2) is 11.9. The molecule has 1 unspecified atom stereocenters. The molecule has 2 rings (SSSR count). The number of rotatable bonds is 7. The fourth-order valence-corrected chi connectivity index (χ4v) is 7.49. The molecule has 0 aromatic heterocycles. The standard InChI is InChI=1S/C19H27Si.3ClH.Ti/c1-4-6-16-20(3,18-13-8-7-9-14-18)19-15-10-12-17(19)11-5-2;;;;/h7-10,12-15H,4-6,11,16H2,1-3H3;3*1H;/q-1;;;;+4/p-3. The molecule has 0 heterocycles. The first-order valence-electron chi connectivity index (χ1n) is 8.59. The molecule has 0 spiro atoms. The Hall–Kier alpha value is 0.371. The van der Waals surface area contributed by atoms with Crippen molar-refractivity contribution in [2.24, 2.45) is 0 Å². The van der Waals surface area contributed by atoms with E-state index in [0.717, 1.165) is 0 Å². The van der Waals surface area contributed by atoms with Crippen molar-refractivity contribution in [3.63, 3.8) is 0 Å². The van der Waals surface area contributed by atoms with Gasteiger partial charge in [-0.25, -0.2) is 12.1 Å². The van der Waals surface area contributed by atoms with Gasteiger partial charge in [0.25, 0.3) is 0 Å². The first-order valence-corrected chi connectivity index (χ1v) is 17.7. The van der Waals surface area contributed by atoms with Crippen molar-refractivity contribution < 1.29 is 14.7 Å². The average Bonchev–Trinajstić information content (AvgIpc) is 3.02. The van der Waals surface area contributed by atoms with E-state index in [2.05, 4.69) is 68.9 Å². The molecule has 132 valence electrons. The molecule has 0 radical (unpaired) electrons. The van der Waals surface area contributed by atoms with Crippen molar-refractivity contribution in [3.05, 3.63) is 54.1 Å². The van der Waals surface area contributed by atoms with Gasteiger partial charge < -0.3 is 0 Å². The van der Waals surface area contributed by atoms with E-state index in [1.54, 1.807) is 15.9 Å². The first kappa shape index (κ1) is 22.4. The van der Waals surface area contributed by atoms with E-state index in [0.29, 0.717) is 0 Å². The number of hydrogen-bond acceptors (Lipinski definition) is 0. The van der Waals surface area contributed by atoms with E-state index in [-0.39, 0.29) is 0 Å². The number of unbranched alkanes of at least 4 members (excludes halogenated alkanes) is 1.